The quantitative estimate of drug-likeness (QED) is 0.266. The van der Waals surface area contributed by atoms with E-state index in [0.717, 1.165) is 22.9 Å². The molecule has 0 aromatic heterocycles. The zero-order chi connectivity index (χ0) is 31.7. The Hall–Kier alpha value is -4.18. The summed E-state index contributed by atoms with van der Waals surface area (Å²) in [6, 6.07) is 25.6. The van der Waals surface area contributed by atoms with E-state index in [2.05, 4.69) is 128 Å². The lowest BCUT2D eigenvalue weighted by Gasteiger charge is -2.43. The number of fused-ring (bicyclic) bond motifs is 3. The summed E-state index contributed by atoms with van der Waals surface area (Å²) in [4.78, 5) is 10.6. The Labute approximate surface area is 268 Å². The third kappa shape index (κ3) is 4.40. The molecule has 0 amide bonds. The fourth-order valence-corrected chi connectivity index (χ4v) is 9.30. The number of rotatable bonds is 6. The molecule has 3 aromatic rings. The van der Waals surface area contributed by atoms with Crippen molar-refractivity contribution in [3.8, 4) is 0 Å². The van der Waals surface area contributed by atoms with Gasteiger partial charge in [-0.2, -0.15) is 0 Å². The lowest BCUT2D eigenvalue weighted by Crippen LogP contribution is -2.42. The highest BCUT2D eigenvalue weighted by molar-refractivity contribution is 6.04. The minimum atomic E-state index is -0.403. The first-order chi connectivity index (χ1) is 21.5. The van der Waals surface area contributed by atoms with Crippen LogP contribution in [0.25, 0.3) is 0 Å². The van der Waals surface area contributed by atoms with Crippen molar-refractivity contribution in [1.82, 2.24) is 0 Å². The van der Waals surface area contributed by atoms with Crippen LogP contribution in [0.2, 0.25) is 0 Å². The second-order valence-corrected chi connectivity index (χ2v) is 14.5. The summed E-state index contributed by atoms with van der Waals surface area (Å²) in [5.41, 5.74) is 10.2. The molecule has 0 saturated carbocycles. The summed E-state index contributed by atoms with van der Waals surface area (Å²) in [5, 5.41) is 0. The Kier molecular flexibility index (Phi) is 6.85. The summed E-state index contributed by atoms with van der Waals surface area (Å²) < 4.78 is 13.1. The standard InChI is InChI=1S/C41H44N2O2/c1-9-25(2)21-31-35(37-43-33(24-45-37)28-18-14-11-15-19-28)41(8)34-29(36-42-32(23-44-36)27-16-12-10-13-17-27)20-26(3)22-30(34)39(4,5)38(41)40(31,6)7/h9-22,32-33,38H,1,23-24H2,2-8H3/b25-21-/t32-,33-,38?,41-/m1/s1. The van der Waals surface area contributed by atoms with Crippen molar-refractivity contribution in [2.75, 3.05) is 13.2 Å². The van der Waals surface area contributed by atoms with E-state index in [4.69, 9.17) is 19.5 Å². The van der Waals surface area contributed by atoms with Crippen LogP contribution in [-0.2, 0) is 20.3 Å². The molecule has 4 nitrogen and oxygen atoms in total. The molecule has 0 spiro atoms. The Morgan fingerprint density at radius 1 is 0.800 bits per heavy atom. The zero-order valence-corrected chi connectivity index (χ0v) is 27.6. The highest BCUT2D eigenvalue weighted by Gasteiger charge is 2.67. The van der Waals surface area contributed by atoms with Crippen molar-refractivity contribution < 1.29 is 9.47 Å². The lowest BCUT2D eigenvalue weighted by molar-refractivity contribution is 0.149. The molecule has 2 aliphatic carbocycles. The van der Waals surface area contributed by atoms with Crippen LogP contribution in [0, 0.1) is 18.3 Å². The monoisotopic (exact) mass is 596 g/mol. The van der Waals surface area contributed by atoms with Gasteiger partial charge in [-0.1, -0.05) is 131 Å². The molecule has 0 N–H and O–H groups in total. The van der Waals surface area contributed by atoms with Gasteiger partial charge in [-0.15, -0.1) is 0 Å². The number of aliphatic imine (C=N–C) groups is 2. The molecular weight excluding hydrogens is 552 g/mol. The molecule has 230 valence electrons. The average Bonchev–Trinajstić information content (AvgIpc) is 3.77. The fraction of sp³-hybridized carbons (Fsp3) is 0.366. The van der Waals surface area contributed by atoms with E-state index in [1.807, 2.05) is 12.1 Å². The third-order valence-corrected chi connectivity index (χ3v) is 10.8. The summed E-state index contributed by atoms with van der Waals surface area (Å²) in [6.07, 6.45) is 4.27. The van der Waals surface area contributed by atoms with Crippen molar-refractivity contribution in [3.05, 3.63) is 142 Å². The second-order valence-electron chi connectivity index (χ2n) is 14.5. The largest absolute Gasteiger partial charge is 0.475 e. The van der Waals surface area contributed by atoms with E-state index in [9.17, 15) is 0 Å². The number of hydrogen-bond acceptors (Lipinski definition) is 4. The fourth-order valence-electron chi connectivity index (χ4n) is 9.30. The predicted molar refractivity (Wildman–Crippen MR) is 184 cm³/mol. The van der Waals surface area contributed by atoms with E-state index in [1.165, 1.54) is 39.0 Å². The molecule has 7 rings (SSSR count). The molecule has 1 unspecified atom stereocenters. The zero-order valence-electron chi connectivity index (χ0n) is 27.6. The first kappa shape index (κ1) is 29.5. The van der Waals surface area contributed by atoms with E-state index in [0.29, 0.717) is 13.2 Å². The number of ether oxygens (including phenoxy) is 2. The molecule has 4 aliphatic rings. The third-order valence-electron chi connectivity index (χ3n) is 10.8. The number of allylic oxidation sites excluding steroid dienone is 4. The number of aryl methyl sites for hydroxylation is 1. The van der Waals surface area contributed by atoms with Crippen molar-refractivity contribution in [3.63, 3.8) is 0 Å². The van der Waals surface area contributed by atoms with Gasteiger partial charge in [0.1, 0.15) is 25.3 Å². The summed E-state index contributed by atoms with van der Waals surface area (Å²) >= 11 is 0. The van der Waals surface area contributed by atoms with E-state index < -0.39 is 5.41 Å². The van der Waals surface area contributed by atoms with Crippen LogP contribution in [0.1, 0.15) is 87.0 Å². The average molecular weight is 597 g/mol. The highest BCUT2D eigenvalue weighted by Crippen LogP contribution is 2.70. The normalized spacial score (nSPS) is 27.8. The molecule has 3 aromatic carbocycles. The van der Waals surface area contributed by atoms with Gasteiger partial charge in [0.25, 0.3) is 0 Å². The maximum absolute atomic E-state index is 6.64. The SMILES string of the molecule is C=C/C(C)=C\C1=C(C2=N[C@@H](c3ccccc3)CO2)[C@@]2(C)c3c(C4=N[C@@H](c5ccccc5)CO4)cc(C)cc3C(C)(C)C2C1(C)C. The Morgan fingerprint density at radius 3 is 1.93 bits per heavy atom. The first-order valence-corrected chi connectivity index (χ1v) is 16.2. The van der Waals surface area contributed by atoms with E-state index >= 15 is 0 Å². The summed E-state index contributed by atoms with van der Waals surface area (Å²) in [7, 11) is 0. The highest BCUT2D eigenvalue weighted by atomic mass is 16.5. The van der Waals surface area contributed by atoms with Gasteiger partial charge in [-0.3, -0.25) is 0 Å². The summed E-state index contributed by atoms with van der Waals surface area (Å²) in [5.74, 6) is 1.74. The van der Waals surface area contributed by atoms with Crippen LogP contribution in [0.15, 0.2) is 118 Å². The van der Waals surface area contributed by atoms with Crippen molar-refractivity contribution in [1.29, 1.82) is 0 Å². The van der Waals surface area contributed by atoms with Crippen LogP contribution in [-0.4, -0.2) is 25.0 Å². The van der Waals surface area contributed by atoms with Crippen molar-refractivity contribution >= 4 is 11.8 Å². The van der Waals surface area contributed by atoms with Crippen LogP contribution >= 0.6 is 0 Å². The molecule has 0 saturated heterocycles. The topological polar surface area (TPSA) is 43.2 Å². The molecule has 0 fully saturated rings. The Bertz CT molecular complexity index is 1810. The van der Waals surface area contributed by atoms with Gasteiger partial charge in [-0.05, 0) is 64.5 Å². The molecule has 45 heavy (non-hydrogen) atoms. The predicted octanol–water partition coefficient (Wildman–Crippen LogP) is 9.32. The Morgan fingerprint density at radius 2 is 1.36 bits per heavy atom. The van der Waals surface area contributed by atoms with Gasteiger partial charge in [0.05, 0.1) is 0 Å². The summed E-state index contributed by atoms with van der Waals surface area (Å²) in [6.45, 7) is 21.6. The molecule has 4 heteroatoms. The van der Waals surface area contributed by atoms with Crippen LogP contribution in [0.5, 0.6) is 0 Å². The first-order valence-electron chi connectivity index (χ1n) is 16.2. The van der Waals surface area contributed by atoms with Crippen LogP contribution < -0.4 is 0 Å². The minimum Gasteiger partial charge on any atom is -0.475 e. The van der Waals surface area contributed by atoms with Crippen LogP contribution in [0.3, 0.4) is 0 Å². The molecule has 2 heterocycles. The van der Waals surface area contributed by atoms with E-state index in [-0.39, 0.29) is 28.8 Å². The smallest absolute Gasteiger partial charge is 0.217 e. The second kappa shape index (κ2) is 10.4. The van der Waals surface area contributed by atoms with Crippen molar-refractivity contribution in [2.24, 2.45) is 21.3 Å². The maximum Gasteiger partial charge on any atom is 0.217 e. The van der Waals surface area contributed by atoms with Gasteiger partial charge in [-0.25, -0.2) is 9.98 Å². The van der Waals surface area contributed by atoms with Crippen LogP contribution in [0.4, 0.5) is 0 Å². The van der Waals surface area contributed by atoms with E-state index in [1.54, 1.807) is 0 Å². The molecule has 0 bridgehead atoms. The maximum atomic E-state index is 6.64. The molecule has 0 radical (unpaired) electrons. The Balaban J connectivity index is 1.48. The van der Waals surface area contributed by atoms with Gasteiger partial charge in [0.15, 0.2) is 0 Å². The molecule has 2 aliphatic heterocycles. The van der Waals surface area contributed by atoms with Gasteiger partial charge in [0.2, 0.25) is 11.8 Å². The van der Waals surface area contributed by atoms with Gasteiger partial charge < -0.3 is 9.47 Å². The molecular formula is C41H44N2O2. The minimum absolute atomic E-state index is 0.0201. The lowest BCUT2D eigenvalue weighted by atomic mass is 9.60. The van der Waals surface area contributed by atoms with Crippen molar-refractivity contribution in [2.45, 2.75) is 71.4 Å². The number of benzene rings is 3. The van der Waals surface area contributed by atoms with Gasteiger partial charge >= 0.3 is 0 Å². The van der Waals surface area contributed by atoms with Gasteiger partial charge in [0, 0.05) is 16.6 Å². The number of nitrogens with zero attached hydrogens (tertiary/aromatic N) is 2. The molecule has 4 atom stereocenters. The number of hydrogen-bond donors (Lipinski definition) is 0.